The maximum atomic E-state index is 13.8. The minimum absolute atomic E-state index is 0.188. The predicted molar refractivity (Wildman–Crippen MR) is 114 cm³/mol. The Morgan fingerprint density at radius 2 is 1.89 bits per heavy atom. The number of thioether (sulfide) groups is 1. The Morgan fingerprint density at radius 1 is 1.15 bits per heavy atom. The van der Waals surface area contributed by atoms with Crippen LogP contribution in [0.3, 0.4) is 0 Å². The second kappa shape index (κ2) is 7.98. The van der Waals surface area contributed by atoms with Crippen LogP contribution in [-0.4, -0.2) is 41.7 Å². The van der Waals surface area contributed by atoms with Gasteiger partial charge in [0.2, 0.25) is 0 Å². The molecule has 142 valence electrons. The average Bonchev–Trinajstić information content (AvgIpc) is 2.67. The molecule has 27 heavy (non-hydrogen) atoms. The first-order valence-electron chi connectivity index (χ1n) is 9.52. The lowest BCUT2D eigenvalue weighted by Gasteiger charge is -2.40. The number of benzene rings is 2. The number of carbonyl (C=O) groups is 1. The van der Waals surface area contributed by atoms with Gasteiger partial charge in [-0.3, -0.25) is 4.79 Å². The molecule has 0 bridgehead atoms. The van der Waals surface area contributed by atoms with E-state index in [1.807, 2.05) is 37.3 Å². The number of fused-ring (bicyclic) bond motifs is 1. The van der Waals surface area contributed by atoms with Crippen molar-refractivity contribution in [3.05, 3.63) is 58.1 Å². The van der Waals surface area contributed by atoms with Crippen molar-refractivity contribution in [2.24, 2.45) is 0 Å². The molecule has 1 fully saturated rings. The van der Waals surface area contributed by atoms with E-state index in [4.69, 9.17) is 4.74 Å². The third-order valence-corrected chi connectivity index (χ3v) is 7.20. The summed E-state index contributed by atoms with van der Waals surface area (Å²) in [5.74, 6) is 0.876. The van der Waals surface area contributed by atoms with Crippen molar-refractivity contribution in [3.63, 3.8) is 0 Å². The van der Waals surface area contributed by atoms with E-state index in [9.17, 15) is 4.79 Å². The van der Waals surface area contributed by atoms with Gasteiger partial charge in [-0.1, -0.05) is 24.6 Å². The van der Waals surface area contributed by atoms with E-state index in [0.717, 1.165) is 34.6 Å². The zero-order chi connectivity index (χ0) is 18.9. The van der Waals surface area contributed by atoms with Crippen LogP contribution in [0.25, 0.3) is 0 Å². The minimum Gasteiger partial charge on any atom is -0.490 e. The molecule has 2 aromatic rings. The van der Waals surface area contributed by atoms with Gasteiger partial charge >= 0.3 is 0 Å². The third-order valence-electron chi connectivity index (χ3n) is 5.28. The molecule has 1 saturated heterocycles. The van der Waals surface area contributed by atoms with Crippen LogP contribution >= 0.6 is 27.7 Å². The molecule has 2 aliphatic heterocycles. The molecule has 0 saturated carbocycles. The van der Waals surface area contributed by atoms with E-state index >= 15 is 0 Å². The van der Waals surface area contributed by atoms with E-state index in [2.05, 4.69) is 33.0 Å². The predicted octanol–water partition coefficient (Wildman–Crippen LogP) is 5.35. The van der Waals surface area contributed by atoms with E-state index < -0.39 is 4.75 Å². The van der Waals surface area contributed by atoms with Crippen LogP contribution in [-0.2, 0) is 0 Å². The monoisotopic (exact) mass is 445 g/mol. The molecular formula is C22H24BrNO2S. The van der Waals surface area contributed by atoms with Crippen LogP contribution in [0.5, 0.6) is 5.75 Å². The summed E-state index contributed by atoms with van der Waals surface area (Å²) in [7, 11) is 0. The summed E-state index contributed by atoms with van der Waals surface area (Å²) in [4.78, 5) is 17.3. The Kier molecular flexibility index (Phi) is 5.62. The number of likely N-dealkylation sites (tertiary alicyclic amines) is 1. The molecule has 0 radical (unpaired) electrons. The lowest BCUT2D eigenvalue weighted by Crippen LogP contribution is -2.53. The van der Waals surface area contributed by atoms with Gasteiger partial charge in [0.25, 0.3) is 0 Å². The van der Waals surface area contributed by atoms with Crippen molar-refractivity contribution in [2.45, 2.75) is 35.8 Å². The molecule has 2 aliphatic rings. The Labute approximate surface area is 173 Å². The van der Waals surface area contributed by atoms with Crippen molar-refractivity contribution < 1.29 is 9.53 Å². The van der Waals surface area contributed by atoms with Gasteiger partial charge in [-0.2, -0.15) is 0 Å². The summed E-state index contributed by atoms with van der Waals surface area (Å²) in [5.41, 5.74) is 1.77. The zero-order valence-corrected chi connectivity index (χ0v) is 17.9. The molecule has 0 amide bonds. The summed E-state index contributed by atoms with van der Waals surface area (Å²) in [6, 6.07) is 14.2. The van der Waals surface area contributed by atoms with Gasteiger partial charge in [0, 0.05) is 11.4 Å². The standard InChI is InChI=1S/C22H24BrNO2S/c1-16-12-18-20(19(23)13-16)26-15-22(21(18)25,14-24-10-6-3-7-11-24)27-17-8-4-2-5-9-17/h2,4-5,8-9,12-13H,3,6-7,10-11,14-15H2,1H3/t22-/m1/s1. The molecule has 3 nitrogen and oxygen atoms in total. The summed E-state index contributed by atoms with van der Waals surface area (Å²) < 4.78 is 6.45. The summed E-state index contributed by atoms with van der Waals surface area (Å²) in [6.07, 6.45) is 3.71. The molecular weight excluding hydrogens is 422 g/mol. The first-order chi connectivity index (χ1) is 13.1. The number of ether oxygens (including phenoxy) is 1. The van der Waals surface area contributed by atoms with Crippen molar-refractivity contribution in [1.82, 2.24) is 4.90 Å². The van der Waals surface area contributed by atoms with E-state index in [-0.39, 0.29) is 5.78 Å². The Morgan fingerprint density at radius 3 is 2.63 bits per heavy atom. The molecule has 0 aromatic heterocycles. The number of piperidine rings is 1. The second-order valence-electron chi connectivity index (χ2n) is 7.49. The Hall–Kier alpha value is -1.30. The third kappa shape index (κ3) is 3.96. The molecule has 4 rings (SSSR count). The van der Waals surface area contributed by atoms with Gasteiger partial charge in [0.1, 0.15) is 17.1 Å². The van der Waals surface area contributed by atoms with Gasteiger partial charge in [-0.25, -0.2) is 0 Å². The van der Waals surface area contributed by atoms with E-state index in [1.165, 1.54) is 19.3 Å². The highest BCUT2D eigenvalue weighted by molar-refractivity contribution is 9.10. The summed E-state index contributed by atoms with van der Waals surface area (Å²) in [5, 5.41) is 0. The van der Waals surface area contributed by atoms with Crippen molar-refractivity contribution >= 4 is 33.5 Å². The summed E-state index contributed by atoms with van der Waals surface area (Å²) >= 11 is 5.23. The maximum Gasteiger partial charge on any atom is 0.187 e. The molecule has 0 aliphatic carbocycles. The van der Waals surface area contributed by atoms with Crippen molar-refractivity contribution in [3.8, 4) is 5.75 Å². The topological polar surface area (TPSA) is 29.5 Å². The smallest absolute Gasteiger partial charge is 0.187 e. The number of hydrogen-bond acceptors (Lipinski definition) is 4. The maximum absolute atomic E-state index is 13.8. The van der Waals surface area contributed by atoms with Crippen LogP contribution in [0.15, 0.2) is 51.8 Å². The number of ketones is 1. The average molecular weight is 446 g/mol. The van der Waals surface area contributed by atoms with Crippen LogP contribution in [0, 0.1) is 6.92 Å². The van der Waals surface area contributed by atoms with Crippen molar-refractivity contribution in [2.75, 3.05) is 26.2 Å². The zero-order valence-electron chi connectivity index (χ0n) is 15.5. The van der Waals surface area contributed by atoms with Crippen LogP contribution < -0.4 is 4.74 Å². The number of rotatable bonds is 4. The lowest BCUT2D eigenvalue weighted by atomic mass is 9.92. The molecule has 2 aromatic carbocycles. The second-order valence-corrected chi connectivity index (χ2v) is 9.80. The van der Waals surface area contributed by atoms with Crippen LogP contribution in [0.2, 0.25) is 0 Å². The highest BCUT2D eigenvalue weighted by atomic mass is 79.9. The molecule has 0 unspecified atom stereocenters. The number of hydrogen-bond donors (Lipinski definition) is 0. The highest BCUT2D eigenvalue weighted by Crippen LogP contribution is 2.44. The molecule has 0 spiro atoms. The Bertz CT molecular complexity index is 836. The first-order valence-corrected chi connectivity index (χ1v) is 11.1. The molecule has 5 heteroatoms. The van der Waals surface area contributed by atoms with E-state index in [0.29, 0.717) is 17.9 Å². The largest absolute Gasteiger partial charge is 0.490 e. The number of Topliss-reactive ketones (excluding diaryl/α,β-unsaturated/α-hetero) is 1. The number of aryl methyl sites for hydroxylation is 1. The quantitative estimate of drug-likeness (QED) is 0.634. The molecule has 2 heterocycles. The van der Waals surface area contributed by atoms with Crippen LogP contribution in [0.4, 0.5) is 0 Å². The molecule has 0 N–H and O–H groups in total. The van der Waals surface area contributed by atoms with Crippen LogP contribution in [0.1, 0.15) is 35.2 Å². The lowest BCUT2D eigenvalue weighted by molar-refractivity contribution is 0.0805. The normalized spacial score (nSPS) is 23.0. The van der Waals surface area contributed by atoms with Gasteiger partial charge < -0.3 is 9.64 Å². The fourth-order valence-electron chi connectivity index (χ4n) is 3.96. The van der Waals surface area contributed by atoms with Gasteiger partial charge in [0.15, 0.2) is 5.78 Å². The minimum atomic E-state index is -0.612. The number of carbonyl (C=O) groups excluding carboxylic acids is 1. The number of halogens is 1. The van der Waals surface area contributed by atoms with Gasteiger partial charge in [0.05, 0.1) is 10.0 Å². The van der Waals surface area contributed by atoms with Gasteiger partial charge in [-0.05, 0) is 78.6 Å². The first kappa shape index (κ1) is 19.0. The number of nitrogens with zero attached hydrogens (tertiary/aromatic N) is 1. The fraction of sp³-hybridized carbons (Fsp3) is 0.409. The summed E-state index contributed by atoms with van der Waals surface area (Å²) in [6.45, 7) is 5.28. The Balaban J connectivity index is 1.72. The van der Waals surface area contributed by atoms with E-state index in [1.54, 1.807) is 11.8 Å². The highest BCUT2D eigenvalue weighted by Gasteiger charge is 2.47. The molecule has 1 atom stereocenters. The fourth-order valence-corrected chi connectivity index (χ4v) is 5.96. The SMILES string of the molecule is Cc1cc(Br)c2c(c1)C(=O)[C@](CN1CCCCC1)(Sc1ccccc1)CO2. The van der Waals surface area contributed by atoms with Gasteiger partial charge in [-0.15, -0.1) is 11.8 Å². The van der Waals surface area contributed by atoms with Crippen molar-refractivity contribution in [1.29, 1.82) is 0 Å².